The van der Waals surface area contributed by atoms with E-state index in [2.05, 4.69) is 31.2 Å². The Morgan fingerprint density at radius 1 is 0.840 bits per heavy atom. The number of hydrogen-bond donors (Lipinski definition) is 4. The number of aromatic nitrogens is 6. The lowest BCUT2D eigenvalue weighted by molar-refractivity contribution is -0.140. The van der Waals surface area contributed by atoms with Crippen LogP contribution in [0.1, 0.15) is 131 Å². The van der Waals surface area contributed by atoms with Crippen LogP contribution < -0.4 is 15.4 Å². The van der Waals surface area contributed by atoms with Crippen molar-refractivity contribution in [2.45, 2.75) is 140 Å². The van der Waals surface area contributed by atoms with Crippen LogP contribution in [-0.2, 0) is 23.8 Å². The fourth-order valence-electron chi connectivity index (χ4n) is 12.4. The van der Waals surface area contributed by atoms with Gasteiger partial charge in [-0.1, -0.05) is 19.9 Å². The number of amides is 4. The van der Waals surface area contributed by atoms with Gasteiger partial charge in [0.15, 0.2) is 0 Å². The van der Waals surface area contributed by atoms with Gasteiger partial charge >= 0.3 is 12.2 Å². The Morgan fingerprint density at radius 3 is 2.28 bits per heavy atom. The molecule has 18 nitrogen and oxygen atoms in total. The number of piperidine rings is 1. The van der Waals surface area contributed by atoms with E-state index in [0.717, 1.165) is 64.1 Å². The molecule has 0 bridgehead atoms. The molecule has 0 radical (unpaired) electrons. The van der Waals surface area contributed by atoms with Gasteiger partial charge in [-0.15, -0.1) is 11.3 Å². The van der Waals surface area contributed by atoms with Gasteiger partial charge in [-0.2, -0.15) is 0 Å². The number of likely N-dealkylation sites (tertiary alicyclic amines) is 2. The molecule has 6 aromatic rings. The molecular formula is C55H63FN10O8S. The molecule has 20 heteroatoms. The first-order chi connectivity index (χ1) is 36.2. The van der Waals surface area contributed by atoms with Crippen LogP contribution in [0, 0.1) is 23.6 Å². The van der Waals surface area contributed by atoms with Gasteiger partial charge in [0.25, 0.3) is 0 Å². The van der Waals surface area contributed by atoms with Gasteiger partial charge in [-0.25, -0.2) is 28.9 Å². The summed E-state index contributed by atoms with van der Waals surface area (Å²) in [7, 11) is 2.59. The normalized spacial score (nSPS) is 25.5. The van der Waals surface area contributed by atoms with Gasteiger partial charge in [0, 0.05) is 41.2 Å². The molecule has 10 atom stereocenters. The molecule has 4 aromatic heterocycles. The van der Waals surface area contributed by atoms with Gasteiger partial charge in [-0.3, -0.25) is 14.2 Å². The van der Waals surface area contributed by atoms with Gasteiger partial charge in [0.05, 0.1) is 89.0 Å². The van der Waals surface area contributed by atoms with Gasteiger partial charge < -0.3 is 49.3 Å². The van der Waals surface area contributed by atoms with E-state index in [1.165, 1.54) is 20.3 Å². The first kappa shape index (κ1) is 49.1. The average Bonchev–Trinajstić information content (AvgIpc) is 3.84. The molecule has 4 N–H and O–H groups in total. The summed E-state index contributed by atoms with van der Waals surface area (Å²) < 4.78 is 41.9. The molecule has 12 rings (SSSR count). The summed E-state index contributed by atoms with van der Waals surface area (Å²) in [6, 6.07) is 9.39. The Hall–Kier alpha value is -6.80. The molecule has 2 saturated carbocycles. The number of aromatic amines is 2. The predicted molar refractivity (Wildman–Crippen MR) is 276 cm³/mol. The lowest BCUT2D eigenvalue weighted by Gasteiger charge is -2.38. The topological polar surface area (TPSA) is 211 Å². The lowest BCUT2D eigenvalue weighted by Crippen LogP contribution is -2.55. The molecule has 75 heavy (non-hydrogen) atoms. The number of ether oxygens (including phenoxy) is 4. The summed E-state index contributed by atoms with van der Waals surface area (Å²) in [5.74, 6) is 1.69. The highest BCUT2D eigenvalue weighted by atomic mass is 32.1. The number of nitrogens with one attached hydrogen (secondary N) is 4. The summed E-state index contributed by atoms with van der Waals surface area (Å²) in [5, 5.41) is 7.57. The number of nitrogens with zero attached hydrogens (tertiary/aromatic N) is 6. The van der Waals surface area contributed by atoms with Crippen LogP contribution in [-0.4, -0.2) is 114 Å². The fourth-order valence-corrected chi connectivity index (χ4v) is 13.5. The number of carbonyl (C=O) groups is 4. The van der Waals surface area contributed by atoms with E-state index in [-0.39, 0.29) is 54.0 Å². The third-order valence-corrected chi connectivity index (χ3v) is 17.3. The maximum atomic E-state index is 17.0. The summed E-state index contributed by atoms with van der Waals surface area (Å²) in [6.07, 6.45) is 10.4. The SMILES string of the molecule is COC(=O)NC(CC(C)C)C(=O)N1CCC[C@H]1c1ncc(-c2cc(F)c3c(c2)OC(c2cnc(C4CC4)s2)n2c-3cc3cc(-c4cnc([C@@H]5C[C@H]6C[C@H]6N5C(=O)C(NC(=O)OC)C5C[C@@H](C)O[C@@H](C)C5)[nH]4)ccc32)[nH]1. The van der Waals surface area contributed by atoms with Crippen LogP contribution in [0.5, 0.6) is 5.75 Å². The van der Waals surface area contributed by atoms with Crippen LogP contribution in [0.25, 0.3) is 44.7 Å². The van der Waals surface area contributed by atoms with E-state index in [4.69, 9.17) is 33.9 Å². The maximum absolute atomic E-state index is 17.0. The molecule has 4 aliphatic heterocycles. The number of hydrogen-bond acceptors (Lipinski definition) is 12. The molecule has 2 aromatic carbocycles. The van der Waals surface area contributed by atoms with Crippen molar-refractivity contribution in [1.82, 2.24) is 49.9 Å². The van der Waals surface area contributed by atoms with Crippen molar-refractivity contribution in [3.8, 4) is 39.5 Å². The zero-order chi connectivity index (χ0) is 52.0. The minimum absolute atomic E-state index is 0.0488. The Bertz CT molecular complexity index is 3190. The molecule has 4 amide bonds. The van der Waals surface area contributed by atoms with Crippen molar-refractivity contribution in [1.29, 1.82) is 0 Å². The number of imidazole rings is 2. The smallest absolute Gasteiger partial charge is 0.407 e. The highest BCUT2D eigenvalue weighted by Crippen LogP contribution is 2.54. The maximum Gasteiger partial charge on any atom is 0.407 e. The molecular weight excluding hydrogens is 980 g/mol. The number of alkyl carbamates (subject to hydrolysis) is 2. The summed E-state index contributed by atoms with van der Waals surface area (Å²) in [5.41, 5.74) is 4.61. The molecule has 2 aliphatic carbocycles. The monoisotopic (exact) mass is 1040 g/mol. The number of carbonyl (C=O) groups excluding carboxylic acids is 4. The standard InChI is InChI=1S/C55H63FN10O8S/c1-26(2)14-36(62-54(69)71-5)51(67)64-13-7-8-40(64)48-57-24-38(61-48)31-18-35(56)46-42-20-32-17-30(11-12-39(32)66(42)53(74-44(46)22-31)45-25-59-50(75-45)29-9-10-29)37-23-58-49(60-37)43-21-33-19-41(33)65(43)52(68)47(63-55(70)72-6)34-15-27(3)73-28(4)16-34/h11-12,17-18,20,22-29,33-34,36,40-41,43,47,53H,7-10,13-16,19,21H2,1-6H3,(H,57,61)(H,58,60)(H,62,69)(H,63,70)/t27-,28+,33-,34?,36?,40+,41-,43+,47?,53?/m1/s1. The van der Waals surface area contributed by atoms with Crippen molar-refractivity contribution in [3.63, 3.8) is 0 Å². The van der Waals surface area contributed by atoms with Crippen LogP contribution in [0.15, 0.2) is 55.0 Å². The molecule has 3 saturated heterocycles. The number of rotatable bonds is 13. The van der Waals surface area contributed by atoms with E-state index >= 15 is 4.39 Å². The minimum Gasteiger partial charge on any atom is -0.464 e. The third-order valence-electron chi connectivity index (χ3n) is 16.1. The summed E-state index contributed by atoms with van der Waals surface area (Å²) in [6.45, 7) is 8.51. The van der Waals surface area contributed by atoms with Crippen LogP contribution in [0.4, 0.5) is 14.0 Å². The average molecular weight is 1040 g/mol. The zero-order valence-corrected chi connectivity index (χ0v) is 43.7. The summed E-state index contributed by atoms with van der Waals surface area (Å²) in [4.78, 5) is 79.6. The molecule has 6 aliphatic rings. The molecule has 394 valence electrons. The second-order valence-corrected chi connectivity index (χ2v) is 23.0. The Labute approximate surface area is 437 Å². The molecule has 4 unspecified atom stereocenters. The van der Waals surface area contributed by atoms with Crippen molar-refractivity contribution >= 4 is 46.2 Å². The first-order valence-electron chi connectivity index (χ1n) is 26.4. The number of thiazole rings is 1. The lowest BCUT2D eigenvalue weighted by atomic mass is 9.85. The van der Waals surface area contributed by atoms with Crippen LogP contribution >= 0.6 is 11.3 Å². The Morgan fingerprint density at radius 2 is 1.56 bits per heavy atom. The van der Waals surface area contributed by atoms with Crippen molar-refractivity contribution in [2.75, 3.05) is 20.8 Å². The predicted octanol–water partition coefficient (Wildman–Crippen LogP) is 9.53. The Balaban J connectivity index is 0.845. The van der Waals surface area contributed by atoms with Crippen LogP contribution in [0.2, 0.25) is 0 Å². The van der Waals surface area contributed by atoms with Crippen molar-refractivity contribution in [3.05, 3.63) is 82.3 Å². The van der Waals surface area contributed by atoms with E-state index < -0.39 is 36.3 Å². The molecule has 0 spiro atoms. The van der Waals surface area contributed by atoms with Crippen molar-refractivity contribution in [2.24, 2.45) is 17.8 Å². The summed E-state index contributed by atoms with van der Waals surface area (Å²) >= 11 is 1.63. The third kappa shape index (κ3) is 9.20. The fraction of sp³-hybridized carbons (Fsp3) is 0.509. The second kappa shape index (κ2) is 19.4. The van der Waals surface area contributed by atoms with Gasteiger partial charge in [0.1, 0.15) is 35.3 Å². The van der Waals surface area contributed by atoms with E-state index in [1.54, 1.807) is 28.6 Å². The highest BCUT2D eigenvalue weighted by Gasteiger charge is 2.57. The quantitative estimate of drug-likeness (QED) is 0.0856. The number of halogens is 1. The van der Waals surface area contributed by atoms with Gasteiger partial charge in [0.2, 0.25) is 18.0 Å². The zero-order valence-electron chi connectivity index (χ0n) is 42.9. The van der Waals surface area contributed by atoms with E-state index in [0.29, 0.717) is 84.0 Å². The molecule has 5 fully saturated rings. The number of methoxy groups -OCH3 is 2. The Kier molecular flexibility index (Phi) is 12.7. The number of H-pyrrole nitrogens is 2. The number of benzene rings is 2. The van der Waals surface area contributed by atoms with E-state index in [9.17, 15) is 19.2 Å². The minimum atomic E-state index is -0.761. The van der Waals surface area contributed by atoms with Crippen molar-refractivity contribution < 1.29 is 42.5 Å². The van der Waals surface area contributed by atoms with Crippen LogP contribution in [0.3, 0.4) is 0 Å². The second-order valence-electron chi connectivity index (χ2n) is 21.9. The largest absolute Gasteiger partial charge is 0.464 e. The van der Waals surface area contributed by atoms with E-state index in [1.807, 2.05) is 63.1 Å². The van der Waals surface area contributed by atoms with Gasteiger partial charge in [-0.05, 0) is 120 Å². The number of fused-ring (bicyclic) bond motifs is 6. The highest BCUT2D eigenvalue weighted by molar-refractivity contribution is 7.11. The first-order valence-corrected chi connectivity index (χ1v) is 27.2. The molecule has 8 heterocycles.